The van der Waals surface area contributed by atoms with Crippen molar-refractivity contribution in [3.63, 3.8) is 0 Å². The lowest BCUT2D eigenvalue weighted by Crippen LogP contribution is -2.64. The van der Waals surface area contributed by atoms with Gasteiger partial charge in [-0.15, -0.1) is 0 Å². The van der Waals surface area contributed by atoms with E-state index >= 15 is 0 Å². The molecular formula is C26H29N2O5+. The molecule has 1 N–H and O–H groups in total. The number of carbonyl (C=O) groups is 2. The summed E-state index contributed by atoms with van der Waals surface area (Å²) >= 11 is 0. The average Bonchev–Trinajstić information content (AvgIpc) is 2.78. The van der Waals surface area contributed by atoms with Gasteiger partial charge >= 0.3 is 17.6 Å². The Labute approximate surface area is 192 Å². The summed E-state index contributed by atoms with van der Waals surface area (Å²) in [6.07, 6.45) is 2.13. The maximum Gasteiger partial charge on any atom is 0.419 e. The number of hydrogen-bond donors (Lipinski definition) is 1. The minimum Gasteiger partial charge on any atom is -0.477 e. The topological polar surface area (TPSA) is 87.8 Å². The molecule has 0 bridgehead atoms. The highest BCUT2D eigenvalue weighted by molar-refractivity contribution is 5.94. The van der Waals surface area contributed by atoms with E-state index < -0.39 is 17.6 Å². The van der Waals surface area contributed by atoms with Crippen molar-refractivity contribution in [1.82, 2.24) is 4.90 Å². The van der Waals surface area contributed by atoms with Crippen molar-refractivity contribution in [2.45, 2.75) is 38.8 Å². The molecule has 4 rings (SSSR count). The molecular weight excluding hydrogens is 420 g/mol. The molecule has 1 saturated heterocycles. The van der Waals surface area contributed by atoms with Crippen LogP contribution in [0.5, 0.6) is 0 Å². The number of amides is 2. The van der Waals surface area contributed by atoms with E-state index in [1.54, 1.807) is 25.1 Å². The number of carboxylic acids is 1. The third-order valence-electron chi connectivity index (χ3n) is 6.75. The first-order valence-corrected chi connectivity index (χ1v) is 11.2. The molecule has 2 heterocycles. The molecule has 1 aliphatic rings. The molecule has 1 aliphatic heterocycles. The maximum absolute atomic E-state index is 13.3. The van der Waals surface area contributed by atoms with E-state index in [1.807, 2.05) is 43.3 Å². The van der Waals surface area contributed by atoms with Gasteiger partial charge in [-0.3, -0.25) is 4.90 Å². The van der Waals surface area contributed by atoms with E-state index in [1.165, 1.54) is 6.07 Å². The van der Waals surface area contributed by atoms with E-state index in [9.17, 15) is 19.5 Å². The highest BCUT2D eigenvalue weighted by atomic mass is 16.4. The number of aryl methyl sites for hydroxylation is 1. The number of rotatable bonds is 4. The number of carboxylic acid groups (broad SMARTS) is 1. The number of benzene rings is 2. The number of carbonyl (C=O) groups excluding carboxylic acids is 1. The van der Waals surface area contributed by atoms with Gasteiger partial charge in [0, 0.05) is 30.5 Å². The summed E-state index contributed by atoms with van der Waals surface area (Å²) in [6.45, 7) is 2.79. The fourth-order valence-corrected chi connectivity index (χ4v) is 4.95. The van der Waals surface area contributed by atoms with E-state index in [4.69, 9.17) is 4.42 Å². The summed E-state index contributed by atoms with van der Waals surface area (Å²) in [5.41, 5.74) is 3.67. The SMILES string of the molecule is Cc1ccccc1-c1cc(=O)oc2cc(CN(C)C(=O)[N+]3(C)CCCCC3C(=O)O)ccc12. The Balaban J connectivity index is 1.65. The van der Waals surface area contributed by atoms with Crippen molar-refractivity contribution >= 4 is 23.0 Å². The van der Waals surface area contributed by atoms with Crippen LogP contribution in [0.15, 0.2) is 57.7 Å². The van der Waals surface area contributed by atoms with Crippen molar-refractivity contribution in [2.24, 2.45) is 0 Å². The van der Waals surface area contributed by atoms with Crippen LogP contribution in [-0.4, -0.2) is 53.2 Å². The highest BCUT2D eigenvalue weighted by Crippen LogP contribution is 2.31. The lowest BCUT2D eigenvalue weighted by Gasteiger charge is -2.41. The van der Waals surface area contributed by atoms with Gasteiger partial charge in [0.05, 0.1) is 20.1 Å². The van der Waals surface area contributed by atoms with Gasteiger partial charge in [-0.2, -0.15) is 0 Å². The van der Waals surface area contributed by atoms with Gasteiger partial charge < -0.3 is 9.52 Å². The van der Waals surface area contributed by atoms with Gasteiger partial charge in [-0.05, 0) is 42.5 Å². The Hall–Kier alpha value is -3.45. The summed E-state index contributed by atoms with van der Waals surface area (Å²) in [6, 6.07) is 14.0. The second kappa shape index (κ2) is 8.83. The average molecular weight is 450 g/mol. The predicted octanol–water partition coefficient (Wildman–Crippen LogP) is 4.40. The van der Waals surface area contributed by atoms with E-state index in [2.05, 4.69) is 0 Å². The first-order valence-electron chi connectivity index (χ1n) is 11.2. The normalized spacial score (nSPS) is 20.5. The number of likely N-dealkylation sites (N-methyl/N-ethyl adjacent to an activating group) is 1. The first kappa shape index (κ1) is 22.7. The van der Waals surface area contributed by atoms with Gasteiger partial charge in [0.2, 0.25) is 0 Å². The second-order valence-corrected chi connectivity index (χ2v) is 9.10. The van der Waals surface area contributed by atoms with Crippen molar-refractivity contribution in [1.29, 1.82) is 0 Å². The van der Waals surface area contributed by atoms with Crippen LogP contribution in [-0.2, 0) is 11.3 Å². The summed E-state index contributed by atoms with van der Waals surface area (Å²) in [7, 11) is 3.40. The van der Waals surface area contributed by atoms with E-state index in [0.717, 1.165) is 40.5 Å². The molecule has 2 aromatic carbocycles. The molecule has 1 aromatic heterocycles. The van der Waals surface area contributed by atoms with Crippen LogP contribution in [0.4, 0.5) is 4.79 Å². The number of fused-ring (bicyclic) bond motifs is 1. The lowest BCUT2D eigenvalue weighted by molar-refractivity contribution is -0.856. The number of aliphatic carboxylic acids is 1. The number of likely N-dealkylation sites (tertiary alicyclic amines) is 1. The largest absolute Gasteiger partial charge is 0.477 e. The number of urea groups is 1. The molecule has 1 fully saturated rings. The number of hydrogen-bond acceptors (Lipinski definition) is 4. The van der Waals surface area contributed by atoms with Crippen LogP contribution in [0.2, 0.25) is 0 Å². The van der Waals surface area contributed by atoms with Gasteiger partial charge in [-0.25, -0.2) is 18.9 Å². The van der Waals surface area contributed by atoms with Gasteiger partial charge in [0.25, 0.3) is 0 Å². The van der Waals surface area contributed by atoms with Crippen LogP contribution in [0.1, 0.15) is 30.4 Å². The molecule has 7 heteroatoms. The molecule has 2 atom stereocenters. The quantitative estimate of drug-likeness (QED) is 0.471. The van der Waals surface area contributed by atoms with E-state index in [0.29, 0.717) is 18.5 Å². The predicted molar refractivity (Wildman–Crippen MR) is 126 cm³/mol. The fourth-order valence-electron chi connectivity index (χ4n) is 4.95. The Morgan fingerprint density at radius 2 is 1.88 bits per heavy atom. The van der Waals surface area contributed by atoms with Crippen LogP contribution < -0.4 is 5.63 Å². The minimum atomic E-state index is -0.935. The number of piperidine rings is 1. The third kappa shape index (κ3) is 4.28. The number of quaternary nitrogens is 1. The van der Waals surface area contributed by atoms with Gasteiger partial charge in [0.15, 0.2) is 6.04 Å². The van der Waals surface area contributed by atoms with Crippen molar-refractivity contribution in [3.8, 4) is 11.1 Å². The highest BCUT2D eigenvalue weighted by Gasteiger charge is 2.48. The first-order chi connectivity index (χ1) is 15.7. The number of nitrogens with zero attached hydrogens (tertiary/aromatic N) is 2. The second-order valence-electron chi connectivity index (χ2n) is 9.10. The maximum atomic E-state index is 13.3. The molecule has 2 amide bonds. The van der Waals surface area contributed by atoms with Crippen LogP contribution in [0.25, 0.3) is 22.1 Å². The molecule has 7 nitrogen and oxygen atoms in total. The zero-order valence-corrected chi connectivity index (χ0v) is 19.2. The zero-order chi connectivity index (χ0) is 23.8. The van der Waals surface area contributed by atoms with Crippen LogP contribution >= 0.6 is 0 Å². The Kier molecular flexibility index (Phi) is 6.08. The zero-order valence-electron chi connectivity index (χ0n) is 19.2. The molecule has 172 valence electrons. The van der Waals surface area contributed by atoms with Crippen molar-refractivity contribution in [2.75, 3.05) is 20.6 Å². The van der Waals surface area contributed by atoms with Crippen molar-refractivity contribution < 1.29 is 23.6 Å². The smallest absolute Gasteiger partial charge is 0.419 e. The van der Waals surface area contributed by atoms with Gasteiger partial charge in [-0.1, -0.05) is 36.4 Å². The Morgan fingerprint density at radius 1 is 1.12 bits per heavy atom. The summed E-state index contributed by atoms with van der Waals surface area (Å²) < 4.78 is 5.36. The van der Waals surface area contributed by atoms with Crippen LogP contribution in [0, 0.1) is 6.92 Å². The molecule has 0 spiro atoms. The molecule has 2 unspecified atom stereocenters. The van der Waals surface area contributed by atoms with Crippen LogP contribution in [0.3, 0.4) is 0 Å². The van der Waals surface area contributed by atoms with Crippen molar-refractivity contribution in [3.05, 3.63) is 70.1 Å². The monoisotopic (exact) mass is 449 g/mol. The summed E-state index contributed by atoms with van der Waals surface area (Å²) in [5, 5.41) is 10.5. The molecule has 0 saturated carbocycles. The standard InChI is InChI=1S/C26H28N2O5/c1-17-8-4-5-9-19(17)21-15-24(29)33-23-14-18(11-12-20(21)23)16-27(2)26(32)28(3)13-7-6-10-22(28)25(30)31/h4-5,8-9,11-12,14-15,22H,6-7,10,13,16H2,1-3H3/p+1. The third-order valence-corrected chi connectivity index (χ3v) is 6.75. The summed E-state index contributed by atoms with van der Waals surface area (Å²) in [4.78, 5) is 38.9. The lowest BCUT2D eigenvalue weighted by atomic mass is 9.97. The molecule has 0 radical (unpaired) electrons. The molecule has 3 aromatic rings. The Bertz CT molecular complexity index is 1280. The minimum absolute atomic E-state index is 0.133. The van der Waals surface area contributed by atoms with Gasteiger partial charge in [0.1, 0.15) is 5.58 Å². The van der Waals surface area contributed by atoms with E-state index in [-0.39, 0.29) is 17.1 Å². The fraction of sp³-hybridized carbons (Fsp3) is 0.346. The Morgan fingerprint density at radius 3 is 2.61 bits per heavy atom. The molecule has 33 heavy (non-hydrogen) atoms. The molecule has 0 aliphatic carbocycles. The summed E-state index contributed by atoms with van der Waals surface area (Å²) in [5.74, 6) is -0.935.